The molecule has 1 aromatic carbocycles. The third-order valence-corrected chi connectivity index (χ3v) is 2.58. The van der Waals surface area contributed by atoms with Crippen LogP contribution in [0.3, 0.4) is 0 Å². The van der Waals surface area contributed by atoms with Crippen molar-refractivity contribution in [1.29, 1.82) is 0 Å². The van der Waals surface area contributed by atoms with E-state index in [-0.39, 0.29) is 0 Å². The molecule has 3 heteroatoms. The van der Waals surface area contributed by atoms with Gasteiger partial charge in [-0.2, -0.15) is 0 Å². The number of hydrogen-bond acceptors (Lipinski definition) is 2. The molecule has 1 rings (SSSR count). The summed E-state index contributed by atoms with van der Waals surface area (Å²) in [7, 11) is 0. The lowest BCUT2D eigenvalue weighted by Crippen LogP contribution is -2.00. The Kier molecular flexibility index (Phi) is 5.86. The fourth-order valence-corrected chi connectivity index (χ4v) is 1.70. The van der Waals surface area contributed by atoms with Crippen molar-refractivity contribution in [3.05, 3.63) is 29.3 Å². The van der Waals surface area contributed by atoms with Crippen LogP contribution in [-0.2, 0) is 12.8 Å². The van der Waals surface area contributed by atoms with Gasteiger partial charge < -0.3 is 10.5 Å². The SMILES string of the molecule is CCc1cc(CCCCN)cc(OCF)c1. The smallest absolute Gasteiger partial charge is 0.228 e. The fourth-order valence-electron chi connectivity index (χ4n) is 1.70. The van der Waals surface area contributed by atoms with Gasteiger partial charge in [-0.1, -0.05) is 13.0 Å². The Morgan fingerprint density at radius 2 is 1.94 bits per heavy atom. The summed E-state index contributed by atoms with van der Waals surface area (Å²) in [5.41, 5.74) is 7.85. The number of aryl methyl sites for hydroxylation is 2. The predicted molar refractivity (Wildman–Crippen MR) is 64.4 cm³/mol. The lowest BCUT2D eigenvalue weighted by Gasteiger charge is -2.08. The molecule has 0 amide bonds. The van der Waals surface area contributed by atoms with Crippen molar-refractivity contribution < 1.29 is 9.13 Å². The van der Waals surface area contributed by atoms with E-state index < -0.39 is 6.86 Å². The molecule has 1 aromatic rings. The molecule has 0 saturated heterocycles. The molecule has 16 heavy (non-hydrogen) atoms. The fraction of sp³-hybridized carbons (Fsp3) is 0.538. The minimum Gasteiger partial charge on any atom is -0.463 e. The molecular weight excluding hydrogens is 205 g/mol. The normalized spacial score (nSPS) is 10.4. The molecule has 90 valence electrons. The van der Waals surface area contributed by atoms with Gasteiger partial charge in [0.1, 0.15) is 5.75 Å². The molecule has 0 radical (unpaired) electrons. The van der Waals surface area contributed by atoms with Crippen LogP contribution in [0.2, 0.25) is 0 Å². The Morgan fingerprint density at radius 1 is 1.19 bits per heavy atom. The number of halogens is 1. The van der Waals surface area contributed by atoms with Gasteiger partial charge in [0.2, 0.25) is 6.86 Å². The van der Waals surface area contributed by atoms with Crippen LogP contribution >= 0.6 is 0 Å². The van der Waals surface area contributed by atoms with Gasteiger partial charge in [-0.25, -0.2) is 4.39 Å². The van der Waals surface area contributed by atoms with E-state index in [1.54, 1.807) is 0 Å². The third-order valence-electron chi connectivity index (χ3n) is 2.58. The van der Waals surface area contributed by atoms with Gasteiger partial charge in [-0.15, -0.1) is 0 Å². The summed E-state index contributed by atoms with van der Waals surface area (Å²) < 4.78 is 17.0. The van der Waals surface area contributed by atoms with Crippen molar-refractivity contribution in [3.8, 4) is 5.75 Å². The second kappa shape index (κ2) is 7.23. The Labute approximate surface area is 96.6 Å². The van der Waals surface area contributed by atoms with E-state index >= 15 is 0 Å². The van der Waals surface area contributed by atoms with E-state index in [0.717, 1.165) is 32.2 Å². The van der Waals surface area contributed by atoms with Crippen LogP contribution in [0.25, 0.3) is 0 Å². The van der Waals surface area contributed by atoms with Gasteiger partial charge in [-0.3, -0.25) is 0 Å². The van der Waals surface area contributed by atoms with E-state index in [0.29, 0.717) is 5.75 Å². The van der Waals surface area contributed by atoms with Gasteiger partial charge in [-0.05, 0) is 55.5 Å². The number of hydrogen-bond donors (Lipinski definition) is 1. The number of ether oxygens (including phenoxy) is 1. The molecule has 2 nitrogen and oxygen atoms in total. The van der Waals surface area contributed by atoms with Crippen LogP contribution in [0.1, 0.15) is 30.9 Å². The van der Waals surface area contributed by atoms with Gasteiger partial charge in [0.25, 0.3) is 0 Å². The molecule has 0 fully saturated rings. The van der Waals surface area contributed by atoms with Crippen molar-refractivity contribution in [2.45, 2.75) is 32.6 Å². The molecule has 0 saturated carbocycles. The molecule has 2 N–H and O–H groups in total. The standard InChI is InChI=1S/C13H20FNO/c1-2-11-7-12(5-3-4-6-15)9-13(8-11)16-10-14/h7-9H,2-6,10,15H2,1H3. The average molecular weight is 225 g/mol. The van der Waals surface area contributed by atoms with Crippen LogP contribution < -0.4 is 10.5 Å². The number of rotatable bonds is 7. The third kappa shape index (κ3) is 4.19. The van der Waals surface area contributed by atoms with Crippen LogP contribution in [-0.4, -0.2) is 13.4 Å². The maximum Gasteiger partial charge on any atom is 0.228 e. The van der Waals surface area contributed by atoms with Crippen molar-refractivity contribution in [2.75, 3.05) is 13.4 Å². The summed E-state index contributed by atoms with van der Waals surface area (Å²) in [5, 5.41) is 0. The zero-order valence-corrected chi connectivity index (χ0v) is 9.84. The highest BCUT2D eigenvalue weighted by atomic mass is 19.1. The van der Waals surface area contributed by atoms with Crippen LogP contribution in [0, 0.1) is 0 Å². The molecule has 0 atom stereocenters. The number of nitrogens with two attached hydrogens (primary N) is 1. The van der Waals surface area contributed by atoms with E-state index in [1.165, 1.54) is 11.1 Å². The zero-order chi connectivity index (χ0) is 11.8. The maximum atomic E-state index is 12.1. The minimum atomic E-state index is -0.768. The minimum absolute atomic E-state index is 0.629. The number of unbranched alkanes of at least 4 members (excludes halogenated alkanes) is 1. The quantitative estimate of drug-likeness (QED) is 0.724. The van der Waals surface area contributed by atoms with Crippen LogP contribution in [0.5, 0.6) is 5.75 Å². The van der Waals surface area contributed by atoms with Crippen molar-refractivity contribution in [3.63, 3.8) is 0 Å². The molecule has 0 aliphatic heterocycles. The first-order chi connectivity index (χ1) is 7.80. The molecule has 0 aliphatic carbocycles. The monoisotopic (exact) mass is 225 g/mol. The van der Waals surface area contributed by atoms with Gasteiger partial charge in [0, 0.05) is 0 Å². The first kappa shape index (κ1) is 13.0. The summed E-state index contributed by atoms with van der Waals surface area (Å²) in [6.07, 6.45) is 4.01. The van der Waals surface area contributed by atoms with E-state index in [2.05, 4.69) is 13.0 Å². The summed E-state index contributed by atoms with van der Waals surface area (Å²) in [6.45, 7) is 2.04. The Bertz CT molecular complexity index is 315. The Balaban J connectivity index is 2.69. The van der Waals surface area contributed by atoms with Crippen molar-refractivity contribution in [2.24, 2.45) is 5.73 Å². The second-order valence-electron chi connectivity index (χ2n) is 3.84. The molecular formula is C13H20FNO. The molecule has 0 heterocycles. The van der Waals surface area contributed by atoms with Gasteiger partial charge >= 0.3 is 0 Å². The molecule has 0 aromatic heterocycles. The Hall–Kier alpha value is -1.09. The summed E-state index contributed by atoms with van der Waals surface area (Å²) >= 11 is 0. The first-order valence-corrected chi connectivity index (χ1v) is 5.81. The number of benzene rings is 1. The summed E-state index contributed by atoms with van der Waals surface area (Å²) in [5.74, 6) is 0.629. The second-order valence-corrected chi connectivity index (χ2v) is 3.84. The molecule has 0 aliphatic rings. The predicted octanol–water partition coefficient (Wildman–Crippen LogP) is 2.84. The molecule has 0 bridgehead atoms. The van der Waals surface area contributed by atoms with E-state index in [9.17, 15) is 4.39 Å². The van der Waals surface area contributed by atoms with Gasteiger partial charge in [0.15, 0.2) is 0 Å². The lowest BCUT2D eigenvalue weighted by molar-refractivity contribution is 0.191. The maximum absolute atomic E-state index is 12.1. The van der Waals surface area contributed by atoms with E-state index in [1.807, 2.05) is 12.1 Å². The van der Waals surface area contributed by atoms with Crippen LogP contribution in [0.15, 0.2) is 18.2 Å². The molecule has 0 spiro atoms. The zero-order valence-electron chi connectivity index (χ0n) is 9.84. The lowest BCUT2D eigenvalue weighted by atomic mass is 10.0. The Morgan fingerprint density at radius 3 is 2.56 bits per heavy atom. The highest BCUT2D eigenvalue weighted by Gasteiger charge is 2.01. The largest absolute Gasteiger partial charge is 0.463 e. The van der Waals surface area contributed by atoms with Gasteiger partial charge in [0.05, 0.1) is 0 Å². The van der Waals surface area contributed by atoms with E-state index in [4.69, 9.17) is 10.5 Å². The highest BCUT2D eigenvalue weighted by Crippen LogP contribution is 2.19. The summed E-state index contributed by atoms with van der Waals surface area (Å²) in [4.78, 5) is 0. The summed E-state index contributed by atoms with van der Waals surface area (Å²) in [6, 6.07) is 5.96. The first-order valence-electron chi connectivity index (χ1n) is 5.81. The van der Waals surface area contributed by atoms with Crippen LogP contribution in [0.4, 0.5) is 4.39 Å². The number of alkyl halides is 1. The van der Waals surface area contributed by atoms with Crippen molar-refractivity contribution >= 4 is 0 Å². The average Bonchev–Trinajstić information content (AvgIpc) is 2.29. The topological polar surface area (TPSA) is 35.2 Å². The highest BCUT2D eigenvalue weighted by molar-refractivity contribution is 5.34. The van der Waals surface area contributed by atoms with Crippen molar-refractivity contribution in [1.82, 2.24) is 0 Å². The molecule has 0 unspecified atom stereocenters.